The van der Waals surface area contributed by atoms with Crippen LogP contribution in [0, 0.1) is 0 Å². The number of aromatic nitrogens is 1. The third-order valence-electron chi connectivity index (χ3n) is 2.80. The summed E-state index contributed by atoms with van der Waals surface area (Å²) in [7, 11) is 0. The molecule has 2 N–H and O–H groups in total. The smallest absolute Gasteiger partial charge is 0.180 e. The summed E-state index contributed by atoms with van der Waals surface area (Å²) in [5.41, 5.74) is 7.62. The quantitative estimate of drug-likeness (QED) is 0.642. The van der Waals surface area contributed by atoms with Gasteiger partial charge in [-0.3, -0.25) is 0 Å². The molecule has 6 heteroatoms. The predicted octanol–water partition coefficient (Wildman–Crippen LogP) is 5.85. The van der Waals surface area contributed by atoms with E-state index in [0.717, 1.165) is 21.0 Å². The number of thiazole rings is 1. The highest BCUT2D eigenvalue weighted by Gasteiger charge is 2.04. The highest BCUT2D eigenvalue weighted by molar-refractivity contribution is 7.99. The number of rotatable bonds is 3. The molecule has 0 fully saturated rings. The molecule has 21 heavy (non-hydrogen) atoms. The Kier molecular flexibility index (Phi) is 4.40. The van der Waals surface area contributed by atoms with Crippen molar-refractivity contribution in [2.75, 3.05) is 5.73 Å². The summed E-state index contributed by atoms with van der Waals surface area (Å²) in [4.78, 5) is 6.45. The van der Waals surface area contributed by atoms with Crippen LogP contribution in [0.2, 0.25) is 10.0 Å². The Balaban J connectivity index is 1.79. The fourth-order valence-electron chi connectivity index (χ4n) is 1.79. The third kappa shape index (κ3) is 3.52. The second-order valence-corrected chi connectivity index (χ2v) is 7.12. The van der Waals surface area contributed by atoms with Gasteiger partial charge in [-0.25, -0.2) is 4.98 Å². The van der Waals surface area contributed by atoms with E-state index in [1.807, 2.05) is 29.6 Å². The minimum Gasteiger partial charge on any atom is -0.375 e. The van der Waals surface area contributed by atoms with Gasteiger partial charge in [-0.1, -0.05) is 47.1 Å². The van der Waals surface area contributed by atoms with Gasteiger partial charge in [0, 0.05) is 20.7 Å². The van der Waals surface area contributed by atoms with Crippen molar-refractivity contribution in [1.29, 1.82) is 0 Å². The van der Waals surface area contributed by atoms with E-state index in [9.17, 15) is 0 Å². The number of nitrogens with zero attached hydrogens (tertiary/aromatic N) is 1. The van der Waals surface area contributed by atoms with Gasteiger partial charge < -0.3 is 5.73 Å². The van der Waals surface area contributed by atoms with Crippen molar-refractivity contribution in [3.05, 3.63) is 57.9 Å². The number of hydrogen-bond acceptors (Lipinski definition) is 4. The molecule has 2 nitrogen and oxygen atoms in total. The summed E-state index contributed by atoms with van der Waals surface area (Å²) in [6, 6.07) is 13.8. The third-order valence-corrected chi connectivity index (χ3v) is 5.21. The molecule has 0 spiro atoms. The Morgan fingerprint density at radius 2 is 1.67 bits per heavy atom. The summed E-state index contributed by atoms with van der Waals surface area (Å²) in [5, 5.41) is 3.67. The molecule has 0 aliphatic heterocycles. The normalized spacial score (nSPS) is 10.8. The van der Waals surface area contributed by atoms with E-state index in [0.29, 0.717) is 15.2 Å². The van der Waals surface area contributed by atoms with Crippen molar-refractivity contribution in [3.63, 3.8) is 0 Å². The number of nitrogens with two attached hydrogens (primary N) is 1. The highest BCUT2D eigenvalue weighted by Crippen LogP contribution is 2.33. The summed E-state index contributed by atoms with van der Waals surface area (Å²) in [6.45, 7) is 0. The van der Waals surface area contributed by atoms with Crippen molar-refractivity contribution < 1.29 is 0 Å². The van der Waals surface area contributed by atoms with Gasteiger partial charge in [-0.2, -0.15) is 0 Å². The summed E-state index contributed by atoms with van der Waals surface area (Å²) < 4.78 is 0. The molecule has 0 aliphatic carbocycles. The van der Waals surface area contributed by atoms with Gasteiger partial charge in [0.25, 0.3) is 0 Å². The van der Waals surface area contributed by atoms with Crippen molar-refractivity contribution in [2.45, 2.75) is 9.79 Å². The Morgan fingerprint density at radius 3 is 2.29 bits per heavy atom. The van der Waals surface area contributed by atoms with Gasteiger partial charge in [0.1, 0.15) is 0 Å². The van der Waals surface area contributed by atoms with E-state index in [2.05, 4.69) is 17.1 Å². The van der Waals surface area contributed by atoms with Crippen LogP contribution in [-0.4, -0.2) is 4.98 Å². The molecule has 0 saturated carbocycles. The molecule has 0 atom stereocenters. The lowest BCUT2D eigenvalue weighted by atomic mass is 10.2. The molecule has 0 saturated heterocycles. The Hall–Kier alpha value is -1.20. The lowest BCUT2D eigenvalue weighted by Gasteiger charge is -2.04. The minimum absolute atomic E-state index is 0.566. The lowest BCUT2D eigenvalue weighted by Crippen LogP contribution is -1.83. The number of nitrogen functional groups attached to an aromatic ring is 1. The fourth-order valence-corrected chi connectivity index (χ4v) is 3.58. The first-order valence-corrected chi connectivity index (χ1v) is 8.51. The second-order valence-electron chi connectivity index (χ2n) is 4.27. The minimum atomic E-state index is 0.566. The molecular formula is C15H10Cl2N2S2. The zero-order valence-electron chi connectivity index (χ0n) is 10.7. The predicted molar refractivity (Wildman–Crippen MR) is 92.5 cm³/mol. The Morgan fingerprint density at radius 1 is 0.952 bits per heavy atom. The molecule has 0 bridgehead atoms. The van der Waals surface area contributed by atoms with E-state index >= 15 is 0 Å². The van der Waals surface area contributed by atoms with Crippen LogP contribution in [0.3, 0.4) is 0 Å². The molecule has 1 aromatic heterocycles. The van der Waals surface area contributed by atoms with Crippen molar-refractivity contribution in [3.8, 4) is 11.3 Å². The first-order valence-electron chi connectivity index (χ1n) is 6.06. The van der Waals surface area contributed by atoms with Crippen LogP contribution >= 0.6 is 46.3 Å². The number of hydrogen-bond donors (Lipinski definition) is 1. The highest BCUT2D eigenvalue weighted by atomic mass is 35.5. The van der Waals surface area contributed by atoms with Crippen LogP contribution in [0.4, 0.5) is 5.13 Å². The van der Waals surface area contributed by atoms with Gasteiger partial charge >= 0.3 is 0 Å². The topological polar surface area (TPSA) is 38.9 Å². The average molecular weight is 353 g/mol. The van der Waals surface area contributed by atoms with Gasteiger partial charge in [-0.05, 0) is 30.3 Å². The fraction of sp³-hybridized carbons (Fsp3) is 0. The van der Waals surface area contributed by atoms with E-state index < -0.39 is 0 Å². The molecule has 0 amide bonds. The van der Waals surface area contributed by atoms with Crippen LogP contribution in [-0.2, 0) is 0 Å². The zero-order chi connectivity index (χ0) is 14.8. The van der Waals surface area contributed by atoms with E-state index in [4.69, 9.17) is 28.9 Å². The maximum absolute atomic E-state index is 6.02. The van der Waals surface area contributed by atoms with Crippen LogP contribution < -0.4 is 5.73 Å². The zero-order valence-corrected chi connectivity index (χ0v) is 13.9. The standard InChI is InChI=1S/C15H10Cl2N2S2/c16-12-6-5-11(7-13(12)17)21-10-3-1-9(2-4-10)14-8-20-15(18)19-14/h1-8H,(H2,18,19). The van der Waals surface area contributed by atoms with Gasteiger partial charge in [0.2, 0.25) is 0 Å². The lowest BCUT2D eigenvalue weighted by molar-refractivity contribution is 1.37. The first kappa shape index (κ1) is 14.7. The maximum atomic E-state index is 6.02. The van der Waals surface area contributed by atoms with Crippen molar-refractivity contribution in [1.82, 2.24) is 4.98 Å². The SMILES string of the molecule is Nc1nc(-c2ccc(Sc3ccc(Cl)c(Cl)c3)cc2)cs1. The molecule has 2 aromatic carbocycles. The largest absolute Gasteiger partial charge is 0.375 e. The van der Waals surface area contributed by atoms with Crippen LogP contribution in [0.5, 0.6) is 0 Å². The van der Waals surface area contributed by atoms with Crippen LogP contribution in [0.25, 0.3) is 11.3 Å². The van der Waals surface area contributed by atoms with Gasteiger partial charge in [-0.15, -0.1) is 11.3 Å². The average Bonchev–Trinajstić information content (AvgIpc) is 2.90. The Labute approximate surface area is 140 Å². The maximum Gasteiger partial charge on any atom is 0.180 e. The van der Waals surface area contributed by atoms with Crippen LogP contribution in [0.15, 0.2) is 57.6 Å². The second kappa shape index (κ2) is 6.28. The molecule has 0 aliphatic rings. The van der Waals surface area contributed by atoms with Crippen LogP contribution in [0.1, 0.15) is 0 Å². The van der Waals surface area contributed by atoms with Crippen molar-refractivity contribution >= 4 is 51.4 Å². The van der Waals surface area contributed by atoms with Crippen molar-refractivity contribution in [2.24, 2.45) is 0 Å². The summed E-state index contributed by atoms with van der Waals surface area (Å²) >= 11 is 15.0. The molecular weight excluding hydrogens is 343 g/mol. The monoisotopic (exact) mass is 352 g/mol. The first-order chi connectivity index (χ1) is 10.1. The number of benzene rings is 2. The Bertz CT molecular complexity index is 770. The molecule has 3 rings (SSSR count). The van der Waals surface area contributed by atoms with E-state index in [-0.39, 0.29) is 0 Å². The molecule has 106 valence electrons. The van der Waals surface area contributed by atoms with E-state index in [1.165, 1.54) is 11.3 Å². The van der Waals surface area contributed by atoms with Gasteiger partial charge in [0.05, 0.1) is 15.7 Å². The number of anilines is 1. The summed E-state index contributed by atoms with van der Waals surface area (Å²) in [6.07, 6.45) is 0. The van der Waals surface area contributed by atoms with E-state index in [1.54, 1.807) is 17.8 Å². The number of halogens is 2. The molecule has 0 unspecified atom stereocenters. The molecule has 0 radical (unpaired) electrons. The summed E-state index contributed by atoms with van der Waals surface area (Å²) in [5.74, 6) is 0. The molecule has 1 heterocycles. The molecule has 3 aromatic rings. The van der Waals surface area contributed by atoms with Gasteiger partial charge in [0.15, 0.2) is 5.13 Å².